The van der Waals surface area contributed by atoms with Crippen LogP contribution in [-0.4, -0.2) is 36.4 Å². The number of rotatable bonds is 6. The summed E-state index contributed by atoms with van der Waals surface area (Å²) in [5, 5.41) is 18.7. The molecule has 28 heavy (non-hydrogen) atoms. The summed E-state index contributed by atoms with van der Waals surface area (Å²) in [6.07, 6.45) is -1.38. The van der Waals surface area contributed by atoms with Gasteiger partial charge < -0.3 is 9.88 Å². The Balaban J connectivity index is 1.30. The van der Waals surface area contributed by atoms with Crippen LogP contribution in [0.3, 0.4) is 0 Å². The minimum absolute atomic E-state index is 0.338. The van der Waals surface area contributed by atoms with Crippen LogP contribution in [0, 0.1) is 0 Å². The van der Waals surface area contributed by atoms with Crippen LogP contribution in [0.25, 0.3) is 0 Å². The molecule has 0 aliphatic carbocycles. The standard InChI is InChI=1S/C17H19F3N8/c18-17(19,20)13-4-2-12(3-5-13)8-15-24-26-28(25-15)7-1-6-27-11-23-16-14(27)9-21-10-22-16/h2-5,11,21-22H,1,6-10H2. The van der Waals surface area contributed by atoms with E-state index in [9.17, 15) is 13.2 Å². The summed E-state index contributed by atoms with van der Waals surface area (Å²) in [6.45, 7) is 2.87. The zero-order chi connectivity index (χ0) is 19.6. The first kappa shape index (κ1) is 18.4. The Kier molecular flexibility index (Phi) is 4.99. The molecule has 0 atom stereocenters. The smallest absolute Gasteiger partial charge is 0.356 e. The van der Waals surface area contributed by atoms with Gasteiger partial charge in [0.15, 0.2) is 5.82 Å². The molecular formula is C17H19F3N8. The van der Waals surface area contributed by atoms with Crippen molar-refractivity contribution >= 4 is 5.82 Å². The highest BCUT2D eigenvalue weighted by molar-refractivity contribution is 5.42. The largest absolute Gasteiger partial charge is 0.416 e. The molecule has 8 nitrogen and oxygen atoms in total. The first-order chi connectivity index (χ1) is 13.5. The van der Waals surface area contributed by atoms with Gasteiger partial charge in [-0.05, 0) is 29.3 Å². The Labute approximate surface area is 158 Å². The summed E-state index contributed by atoms with van der Waals surface area (Å²) in [5.74, 6) is 1.39. The summed E-state index contributed by atoms with van der Waals surface area (Å²) in [6, 6.07) is 5.01. The molecule has 1 aromatic carbocycles. The van der Waals surface area contributed by atoms with Crippen LogP contribution < -0.4 is 10.6 Å². The number of alkyl halides is 3. The lowest BCUT2D eigenvalue weighted by Gasteiger charge is -2.16. The van der Waals surface area contributed by atoms with Crippen LogP contribution in [0.15, 0.2) is 30.6 Å². The van der Waals surface area contributed by atoms with E-state index in [1.807, 2.05) is 6.33 Å². The first-order valence-corrected chi connectivity index (χ1v) is 8.90. The molecule has 0 bridgehead atoms. The zero-order valence-electron chi connectivity index (χ0n) is 14.9. The van der Waals surface area contributed by atoms with Crippen molar-refractivity contribution in [1.29, 1.82) is 0 Å². The van der Waals surface area contributed by atoms with Gasteiger partial charge in [-0.2, -0.15) is 18.0 Å². The number of nitrogens with zero attached hydrogens (tertiary/aromatic N) is 6. The summed E-state index contributed by atoms with van der Waals surface area (Å²) >= 11 is 0. The van der Waals surface area contributed by atoms with Gasteiger partial charge in [0.05, 0.1) is 30.8 Å². The third-order valence-corrected chi connectivity index (χ3v) is 4.51. The quantitative estimate of drug-likeness (QED) is 0.668. The Morgan fingerprint density at radius 2 is 1.93 bits per heavy atom. The van der Waals surface area contributed by atoms with E-state index in [0.29, 0.717) is 31.0 Å². The summed E-state index contributed by atoms with van der Waals surface area (Å²) in [4.78, 5) is 5.86. The lowest BCUT2D eigenvalue weighted by Crippen LogP contribution is -2.28. The van der Waals surface area contributed by atoms with Crippen molar-refractivity contribution in [2.24, 2.45) is 0 Å². The van der Waals surface area contributed by atoms with Crippen molar-refractivity contribution in [3.8, 4) is 0 Å². The van der Waals surface area contributed by atoms with Gasteiger partial charge in [-0.15, -0.1) is 10.2 Å². The minimum Gasteiger partial charge on any atom is -0.356 e. The van der Waals surface area contributed by atoms with Crippen molar-refractivity contribution in [1.82, 2.24) is 35.1 Å². The Hall–Kier alpha value is -2.95. The zero-order valence-corrected chi connectivity index (χ0v) is 14.9. The van der Waals surface area contributed by atoms with Crippen LogP contribution in [0.2, 0.25) is 0 Å². The molecule has 0 radical (unpaired) electrons. The molecule has 3 heterocycles. The van der Waals surface area contributed by atoms with E-state index in [0.717, 1.165) is 43.2 Å². The van der Waals surface area contributed by atoms with E-state index in [4.69, 9.17) is 0 Å². The van der Waals surface area contributed by atoms with Crippen molar-refractivity contribution in [3.05, 3.63) is 53.2 Å². The number of nitrogens with one attached hydrogen (secondary N) is 2. The van der Waals surface area contributed by atoms with Crippen molar-refractivity contribution < 1.29 is 13.2 Å². The van der Waals surface area contributed by atoms with Gasteiger partial charge in [0, 0.05) is 19.5 Å². The van der Waals surface area contributed by atoms with E-state index in [1.165, 1.54) is 16.9 Å². The number of aromatic nitrogens is 6. The molecule has 0 fully saturated rings. The summed E-state index contributed by atoms with van der Waals surface area (Å²) in [7, 11) is 0. The maximum atomic E-state index is 12.6. The predicted octanol–water partition coefficient (Wildman–Crippen LogP) is 2.04. The SMILES string of the molecule is FC(F)(F)c1ccc(Cc2nnn(CCCn3cnc4c3CNCN4)n2)cc1. The highest BCUT2D eigenvalue weighted by Gasteiger charge is 2.29. The van der Waals surface area contributed by atoms with Gasteiger partial charge in [-0.25, -0.2) is 4.98 Å². The van der Waals surface area contributed by atoms with Crippen LogP contribution in [0.4, 0.5) is 19.0 Å². The lowest BCUT2D eigenvalue weighted by atomic mass is 10.1. The van der Waals surface area contributed by atoms with E-state index in [1.54, 1.807) is 0 Å². The average molecular weight is 392 g/mol. The monoisotopic (exact) mass is 392 g/mol. The van der Waals surface area contributed by atoms with Crippen LogP contribution in [-0.2, 0) is 32.2 Å². The van der Waals surface area contributed by atoms with Gasteiger partial charge in [0.2, 0.25) is 0 Å². The summed E-state index contributed by atoms with van der Waals surface area (Å²) in [5.41, 5.74) is 1.17. The first-order valence-electron chi connectivity index (χ1n) is 8.90. The van der Waals surface area contributed by atoms with Crippen LogP contribution >= 0.6 is 0 Å². The number of fused-ring (bicyclic) bond motifs is 1. The van der Waals surface area contributed by atoms with Gasteiger partial charge in [0.1, 0.15) is 5.82 Å². The average Bonchev–Trinajstić information content (AvgIpc) is 3.29. The molecule has 2 N–H and O–H groups in total. The maximum absolute atomic E-state index is 12.6. The van der Waals surface area contributed by atoms with E-state index in [-0.39, 0.29) is 0 Å². The molecule has 0 amide bonds. The molecule has 1 aliphatic rings. The van der Waals surface area contributed by atoms with E-state index >= 15 is 0 Å². The molecule has 0 spiro atoms. The third kappa shape index (κ3) is 4.14. The molecule has 4 rings (SSSR count). The number of aryl methyl sites for hydroxylation is 2. The van der Waals surface area contributed by atoms with E-state index < -0.39 is 11.7 Å². The molecular weight excluding hydrogens is 373 g/mol. The van der Waals surface area contributed by atoms with Crippen molar-refractivity contribution in [3.63, 3.8) is 0 Å². The molecule has 11 heteroatoms. The minimum atomic E-state index is -4.33. The number of hydrogen-bond donors (Lipinski definition) is 2. The number of anilines is 1. The number of benzene rings is 1. The molecule has 0 saturated carbocycles. The number of hydrogen-bond acceptors (Lipinski definition) is 6. The topological polar surface area (TPSA) is 85.5 Å². The highest BCUT2D eigenvalue weighted by Crippen LogP contribution is 2.29. The molecule has 1 aliphatic heterocycles. The Bertz CT molecular complexity index is 929. The van der Waals surface area contributed by atoms with Gasteiger partial charge in [-0.1, -0.05) is 12.1 Å². The van der Waals surface area contributed by atoms with Gasteiger partial charge in [-0.3, -0.25) is 5.32 Å². The molecule has 0 unspecified atom stereocenters. The van der Waals surface area contributed by atoms with Gasteiger partial charge in [0.25, 0.3) is 0 Å². The fourth-order valence-electron chi connectivity index (χ4n) is 3.08. The summed E-state index contributed by atoms with van der Waals surface area (Å²) < 4.78 is 39.9. The second-order valence-corrected chi connectivity index (χ2v) is 6.54. The third-order valence-electron chi connectivity index (χ3n) is 4.51. The molecule has 148 valence electrons. The molecule has 2 aromatic heterocycles. The van der Waals surface area contributed by atoms with Crippen molar-refractivity contribution in [2.75, 3.05) is 12.0 Å². The van der Waals surface area contributed by atoms with Crippen LogP contribution in [0.5, 0.6) is 0 Å². The fourth-order valence-corrected chi connectivity index (χ4v) is 3.08. The Morgan fingerprint density at radius 1 is 1.11 bits per heavy atom. The molecule has 3 aromatic rings. The predicted molar refractivity (Wildman–Crippen MR) is 94.2 cm³/mol. The number of imidazole rings is 1. The van der Waals surface area contributed by atoms with Crippen LogP contribution in [0.1, 0.15) is 29.1 Å². The Morgan fingerprint density at radius 3 is 2.71 bits per heavy atom. The number of tetrazole rings is 1. The second kappa shape index (κ2) is 7.58. The van der Waals surface area contributed by atoms with Crippen molar-refractivity contribution in [2.45, 2.75) is 38.7 Å². The maximum Gasteiger partial charge on any atom is 0.416 e. The van der Waals surface area contributed by atoms with E-state index in [2.05, 4.69) is 35.6 Å². The number of halogens is 3. The molecule has 0 saturated heterocycles. The second-order valence-electron chi connectivity index (χ2n) is 6.54. The van der Waals surface area contributed by atoms with Gasteiger partial charge >= 0.3 is 6.18 Å². The highest BCUT2D eigenvalue weighted by atomic mass is 19.4. The lowest BCUT2D eigenvalue weighted by molar-refractivity contribution is -0.137. The normalized spacial score (nSPS) is 14.0. The fraction of sp³-hybridized carbons (Fsp3) is 0.412.